The average molecular weight is 580 g/mol. The minimum Gasteiger partial charge on any atom is -0.497 e. The Labute approximate surface area is 244 Å². The van der Waals surface area contributed by atoms with Gasteiger partial charge in [0.2, 0.25) is 11.8 Å². The molecule has 0 bridgehead atoms. The van der Waals surface area contributed by atoms with E-state index in [-0.39, 0.29) is 23.3 Å². The maximum Gasteiger partial charge on any atom is 0.264 e. The number of nitrogens with zero attached hydrogens (tertiary/aromatic N) is 2. The van der Waals surface area contributed by atoms with Gasteiger partial charge in [0.05, 0.1) is 17.7 Å². The maximum atomic E-state index is 14.2. The van der Waals surface area contributed by atoms with Gasteiger partial charge < -0.3 is 15.0 Å². The molecule has 0 radical (unpaired) electrons. The number of methoxy groups -OCH3 is 1. The van der Waals surface area contributed by atoms with E-state index in [0.29, 0.717) is 30.0 Å². The summed E-state index contributed by atoms with van der Waals surface area (Å²) in [5, 5.41) is 2.95. The van der Waals surface area contributed by atoms with Gasteiger partial charge in [-0.25, -0.2) is 8.42 Å². The van der Waals surface area contributed by atoms with Crippen LogP contribution < -0.4 is 14.4 Å². The first kappa shape index (κ1) is 31.7. The van der Waals surface area contributed by atoms with Crippen molar-refractivity contribution in [2.45, 2.75) is 58.5 Å². The van der Waals surface area contributed by atoms with Crippen LogP contribution >= 0.6 is 0 Å². The first-order valence-electron chi connectivity index (χ1n) is 13.8. The summed E-state index contributed by atoms with van der Waals surface area (Å²) >= 11 is 0. The Bertz CT molecular complexity index is 1420. The molecule has 3 aromatic rings. The number of amides is 2. The average Bonchev–Trinajstić information content (AvgIpc) is 2.96. The summed E-state index contributed by atoms with van der Waals surface area (Å²) in [4.78, 5) is 29.1. The molecule has 3 rings (SSSR count). The van der Waals surface area contributed by atoms with Crippen molar-refractivity contribution in [1.29, 1.82) is 0 Å². The van der Waals surface area contributed by atoms with Crippen LogP contribution in [0.3, 0.4) is 0 Å². The highest BCUT2D eigenvalue weighted by atomic mass is 32.2. The van der Waals surface area contributed by atoms with Gasteiger partial charge in [-0.05, 0) is 73.2 Å². The summed E-state index contributed by atoms with van der Waals surface area (Å²) in [6, 6.07) is 20.0. The Morgan fingerprint density at radius 1 is 0.951 bits per heavy atom. The normalized spacial score (nSPS) is 12.1. The Kier molecular flexibility index (Phi) is 10.9. The summed E-state index contributed by atoms with van der Waals surface area (Å²) in [7, 11) is -2.53. The second kappa shape index (κ2) is 14.2. The van der Waals surface area contributed by atoms with E-state index in [1.165, 1.54) is 17.0 Å². The van der Waals surface area contributed by atoms with Crippen LogP contribution in [0.1, 0.15) is 43.9 Å². The van der Waals surface area contributed by atoms with Crippen molar-refractivity contribution in [3.8, 4) is 5.75 Å². The van der Waals surface area contributed by atoms with Crippen LogP contribution in [-0.4, -0.2) is 51.4 Å². The first-order chi connectivity index (χ1) is 19.5. The molecule has 1 N–H and O–H groups in total. The number of hydrogen-bond donors (Lipinski definition) is 1. The minimum absolute atomic E-state index is 0.0807. The highest BCUT2D eigenvalue weighted by Crippen LogP contribution is 2.28. The van der Waals surface area contributed by atoms with Gasteiger partial charge in [0.1, 0.15) is 18.3 Å². The van der Waals surface area contributed by atoms with Crippen molar-refractivity contribution in [2.75, 3.05) is 24.5 Å². The van der Waals surface area contributed by atoms with E-state index in [4.69, 9.17) is 4.74 Å². The number of sulfonamides is 1. The molecular weight excluding hydrogens is 538 g/mol. The van der Waals surface area contributed by atoms with Crippen LogP contribution in [0.25, 0.3) is 0 Å². The number of carbonyl (C=O) groups excluding carboxylic acids is 2. The number of aryl methyl sites for hydroxylation is 2. The van der Waals surface area contributed by atoms with E-state index < -0.39 is 28.5 Å². The van der Waals surface area contributed by atoms with Crippen LogP contribution in [0.15, 0.2) is 77.7 Å². The largest absolute Gasteiger partial charge is 0.497 e. The van der Waals surface area contributed by atoms with Gasteiger partial charge in [-0.2, -0.15) is 0 Å². The third-order valence-electron chi connectivity index (χ3n) is 6.83. The molecule has 0 saturated heterocycles. The third-order valence-corrected chi connectivity index (χ3v) is 8.60. The molecule has 0 aliphatic carbocycles. The molecule has 0 heterocycles. The lowest BCUT2D eigenvalue weighted by Crippen LogP contribution is -2.52. The van der Waals surface area contributed by atoms with E-state index >= 15 is 0 Å². The summed E-state index contributed by atoms with van der Waals surface area (Å²) in [5.41, 5.74) is 2.79. The molecule has 220 valence electrons. The SMILES string of the molecule is CC[C@@H](C(=O)NCC(C)C)N(Cc1ccc(OC)cc1)C(=O)CN(c1cc(C)ccc1C)S(=O)(=O)c1ccccc1. The van der Waals surface area contributed by atoms with Crippen molar-refractivity contribution in [2.24, 2.45) is 5.92 Å². The summed E-state index contributed by atoms with van der Waals surface area (Å²) in [6.45, 7) is 9.66. The Balaban J connectivity index is 2.07. The van der Waals surface area contributed by atoms with Crippen LogP contribution in [-0.2, 0) is 26.2 Å². The van der Waals surface area contributed by atoms with Gasteiger partial charge in [-0.3, -0.25) is 13.9 Å². The monoisotopic (exact) mass is 579 g/mol. The first-order valence-corrected chi connectivity index (χ1v) is 15.3. The predicted molar refractivity (Wildman–Crippen MR) is 162 cm³/mol. The topological polar surface area (TPSA) is 96.0 Å². The fourth-order valence-electron chi connectivity index (χ4n) is 4.49. The zero-order valence-corrected chi connectivity index (χ0v) is 25.6. The quantitative estimate of drug-likeness (QED) is 0.305. The highest BCUT2D eigenvalue weighted by Gasteiger charge is 2.34. The Hall–Kier alpha value is -3.85. The second-order valence-electron chi connectivity index (χ2n) is 10.5. The van der Waals surface area contributed by atoms with E-state index in [1.54, 1.807) is 43.5 Å². The third kappa shape index (κ3) is 8.10. The zero-order valence-electron chi connectivity index (χ0n) is 24.8. The number of benzene rings is 3. The summed E-state index contributed by atoms with van der Waals surface area (Å²) in [6.07, 6.45) is 0.362. The number of rotatable bonds is 13. The van der Waals surface area contributed by atoms with Crippen LogP contribution in [0.5, 0.6) is 5.75 Å². The van der Waals surface area contributed by atoms with Crippen molar-refractivity contribution in [1.82, 2.24) is 10.2 Å². The fourth-order valence-corrected chi connectivity index (χ4v) is 5.98. The van der Waals surface area contributed by atoms with Crippen molar-refractivity contribution >= 4 is 27.5 Å². The van der Waals surface area contributed by atoms with E-state index in [2.05, 4.69) is 5.32 Å². The maximum absolute atomic E-state index is 14.2. The second-order valence-corrected chi connectivity index (χ2v) is 12.4. The molecule has 0 aliphatic rings. The molecule has 0 fully saturated rings. The van der Waals surface area contributed by atoms with Crippen LogP contribution in [0.2, 0.25) is 0 Å². The fraction of sp³-hybridized carbons (Fsp3) is 0.375. The van der Waals surface area contributed by atoms with Crippen molar-refractivity contribution in [3.05, 3.63) is 89.5 Å². The van der Waals surface area contributed by atoms with Gasteiger partial charge in [0.15, 0.2) is 0 Å². The van der Waals surface area contributed by atoms with Gasteiger partial charge in [0.25, 0.3) is 10.0 Å². The molecule has 0 aliphatic heterocycles. The van der Waals surface area contributed by atoms with Gasteiger partial charge in [0, 0.05) is 13.1 Å². The van der Waals surface area contributed by atoms with E-state index in [1.807, 2.05) is 58.9 Å². The number of hydrogen-bond acceptors (Lipinski definition) is 5. The predicted octanol–water partition coefficient (Wildman–Crippen LogP) is 5.09. The molecule has 2 amide bonds. The lowest BCUT2D eigenvalue weighted by atomic mass is 10.1. The van der Waals surface area contributed by atoms with Gasteiger partial charge in [-0.1, -0.05) is 63.2 Å². The molecule has 0 spiro atoms. The molecule has 41 heavy (non-hydrogen) atoms. The molecule has 0 aromatic heterocycles. The molecule has 0 unspecified atom stereocenters. The van der Waals surface area contributed by atoms with Gasteiger partial charge >= 0.3 is 0 Å². The zero-order chi connectivity index (χ0) is 30.2. The summed E-state index contributed by atoms with van der Waals surface area (Å²) in [5.74, 6) is 0.154. The standard InChI is InChI=1S/C32H41N3O5S/c1-7-29(32(37)33-20-23(2)3)34(21-26-15-17-27(40-6)18-16-26)31(36)22-35(30-19-24(4)13-14-25(30)5)41(38,39)28-11-9-8-10-12-28/h8-19,23,29H,7,20-22H2,1-6H3,(H,33,37)/t29-/m0/s1. The molecule has 0 saturated carbocycles. The molecule has 1 atom stereocenters. The smallest absolute Gasteiger partial charge is 0.264 e. The van der Waals surface area contributed by atoms with E-state index in [0.717, 1.165) is 15.4 Å². The summed E-state index contributed by atoms with van der Waals surface area (Å²) < 4.78 is 34.4. The lowest BCUT2D eigenvalue weighted by molar-refractivity contribution is -0.140. The molecule has 8 nitrogen and oxygen atoms in total. The Morgan fingerprint density at radius 2 is 1.61 bits per heavy atom. The molecule has 9 heteroatoms. The molecule has 3 aromatic carbocycles. The Morgan fingerprint density at radius 3 is 2.20 bits per heavy atom. The highest BCUT2D eigenvalue weighted by molar-refractivity contribution is 7.92. The number of anilines is 1. The number of ether oxygens (including phenoxy) is 1. The van der Waals surface area contributed by atoms with Crippen LogP contribution in [0, 0.1) is 19.8 Å². The van der Waals surface area contributed by atoms with E-state index in [9.17, 15) is 18.0 Å². The van der Waals surface area contributed by atoms with Crippen molar-refractivity contribution < 1.29 is 22.7 Å². The number of nitrogens with one attached hydrogen (secondary N) is 1. The molecular formula is C32H41N3O5S. The lowest BCUT2D eigenvalue weighted by Gasteiger charge is -2.33. The van der Waals surface area contributed by atoms with Gasteiger partial charge in [-0.15, -0.1) is 0 Å². The number of carbonyl (C=O) groups is 2. The van der Waals surface area contributed by atoms with Crippen molar-refractivity contribution in [3.63, 3.8) is 0 Å². The minimum atomic E-state index is -4.11. The van der Waals surface area contributed by atoms with Crippen LogP contribution in [0.4, 0.5) is 5.69 Å².